The number of nitrogens with one attached hydrogen (secondary N) is 1. The molecule has 0 spiro atoms. The van der Waals surface area contributed by atoms with Gasteiger partial charge in [0.25, 0.3) is 0 Å². The summed E-state index contributed by atoms with van der Waals surface area (Å²) < 4.78 is 5.21. The van der Waals surface area contributed by atoms with Crippen LogP contribution in [0, 0.1) is 5.41 Å². The monoisotopic (exact) mass is 387 g/mol. The molecule has 2 amide bonds. The van der Waals surface area contributed by atoms with E-state index in [0.29, 0.717) is 13.1 Å². The van der Waals surface area contributed by atoms with Crippen LogP contribution in [0.4, 0.5) is 5.69 Å². The van der Waals surface area contributed by atoms with Crippen LogP contribution in [0.25, 0.3) is 0 Å². The quantitative estimate of drug-likeness (QED) is 0.789. The van der Waals surface area contributed by atoms with Crippen LogP contribution in [0.2, 0.25) is 0 Å². The highest BCUT2D eigenvalue weighted by atomic mass is 16.5. The van der Waals surface area contributed by atoms with Crippen molar-refractivity contribution in [2.24, 2.45) is 5.41 Å². The Balaban J connectivity index is 1.54. The predicted molar refractivity (Wildman–Crippen MR) is 111 cm³/mol. The standard InChI is InChI=1S/C22H33N3O3/c1-22(2,20(26)23-17-7-5-4-6-8-17)21(27)25-15-13-24(14-16-25)18-9-11-19(28-3)12-10-18/h9-12,17H,4-8,13-16H2,1-3H3,(H,23,26). The van der Waals surface area contributed by atoms with E-state index in [-0.39, 0.29) is 17.9 Å². The SMILES string of the molecule is COc1ccc(N2CCN(C(=O)C(C)(C)C(=O)NC3CCCCC3)CC2)cc1. The van der Waals surface area contributed by atoms with Crippen molar-refractivity contribution in [1.82, 2.24) is 10.2 Å². The second-order valence-electron chi connectivity index (χ2n) is 8.41. The van der Waals surface area contributed by atoms with Gasteiger partial charge in [-0.1, -0.05) is 19.3 Å². The van der Waals surface area contributed by atoms with E-state index in [1.165, 1.54) is 6.42 Å². The Kier molecular flexibility index (Phi) is 6.47. The topological polar surface area (TPSA) is 61.9 Å². The number of carbonyl (C=O) groups excluding carboxylic acids is 2. The van der Waals surface area contributed by atoms with Crippen LogP contribution in [0.15, 0.2) is 24.3 Å². The molecule has 0 unspecified atom stereocenters. The molecule has 1 aromatic carbocycles. The summed E-state index contributed by atoms with van der Waals surface area (Å²) in [5.41, 5.74) is 0.0990. The number of anilines is 1. The summed E-state index contributed by atoms with van der Waals surface area (Å²) in [5.74, 6) is 0.625. The number of hydrogen-bond acceptors (Lipinski definition) is 4. The summed E-state index contributed by atoms with van der Waals surface area (Å²) in [7, 11) is 1.66. The van der Waals surface area contributed by atoms with Crippen LogP contribution in [-0.4, -0.2) is 56.0 Å². The Labute approximate surface area is 168 Å². The molecule has 28 heavy (non-hydrogen) atoms. The maximum atomic E-state index is 13.1. The Hall–Kier alpha value is -2.24. The molecule has 1 saturated carbocycles. The molecule has 2 fully saturated rings. The third kappa shape index (κ3) is 4.59. The normalized spacial score (nSPS) is 18.7. The van der Waals surface area contributed by atoms with Crippen molar-refractivity contribution in [1.29, 1.82) is 0 Å². The van der Waals surface area contributed by atoms with Crippen molar-refractivity contribution in [3.05, 3.63) is 24.3 Å². The predicted octanol–water partition coefficient (Wildman–Crippen LogP) is 2.82. The average Bonchev–Trinajstić information content (AvgIpc) is 2.74. The molecule has 154 valence electrons. The van der Waals surface area contributed by atoms with Crippen molar-refractivity contribution in [3.63, 3.8) is 0 Å². The number of nitrogens with zero attached hydrogens (tertiary/aromatic N) is 2. The van der Waals surface area contributed by atoms with Crippen LogP contribution < -0.4 is 15.0 Å². The van der Waals surface area contributed by atoms with Crippen LogP contribution in [0.5, 0.6) is 5.75 Å². The summed E-state index contributed by atoms with van der Waals surface area (Å²) in [6.07, 6.45) is 5.61. The molecule has 0 bridgehead atoms. The van der Waals surface area contributed by atoms with Crippen molar-refractivity contribution in [2.75, 3.05) is 38.2 Å². The highest BCUT2D eigenvalue weighted by molar-refractivity contribution is 6.04. The summed E-state index contributed by atoms with van der Waals surface area (Å²) >= 11 is 0. The molecule has 1 heterocycles. The molecule has 1 aliphatic heterocycles. The molecule has 0 radical (unpaired) electrons. The smallest absolute Gasteiger partial charge is 0.237 e. The number of amides is 2. The fourth-order valence-corrected chi connectivity index (χ4v) is 4.07. The van der Waals surface area contributed by atoms with Gasteiger partial charge in [0.15, 0.2) is 0 Å². The molecular formula is C22H33N3O3. The highest BCUT2D eigenvalue weighted by Crippen LogP contribution is 2.25. The summed E-state index contributed by atoms with van der Waals surface area (Å²) in [4.78, 5) is 29.9. The van der Waals surface area contributed by atoms with E-state index < -0.39 is 5.41 Å². The fourth-order valence-electron chi connectivity index (χ4n) is 4.07. The molecule has 1 aliphatic carbocycles. The second-order valence-corrected chi connectivity index (χ2v) is 8.41. The van der Waals surface area contributed by atoms with Crippen molar-refractivity contribution in [2.45, 2.75) is 52.0 Å². The van der Waals surface area contributed by atoms with Gasteiger partial charge in [-0.2, -0.15) is 0 Å². The first-order chi connectivity index (χ1) is 13.4. The number of methoxy groups -OCH3 is 1. The fraction of sp³-hybridized carbons (Fsp3) is 0.636. The number of hydrogen-bond donors (Lipinski definition) is 1. The first-order valence-electron chi connectivity index (χ1n) is 10.4. The van der Waals surface area contributed by atoms with E-state index in [2.05, 4.69) is 10.2 Å². The minimum Gasteiger partial charge on any atom is -0.497 e. The molecule has 0 atom stereocenters. The zero-order chi connectivity index (χ0) is 20.1. The molecular weight excluding hydrogens is 354 g/mol. The number of piperazine rings is 1. The molecule has 1 saturated heterocycles. The van der Waals surface area contributed by atoms with Gasteiger partial charge in [-0.25, -0.2) is 0 Å². The Morgan fingerprint density at radius 1 is 1.00 bits per heavy atom. The van der Waals surface area contributed by atoms with Gasteiger partial charge < -0.3 is 19.9 Å². The number of benzene rings is 1. The van der Waals surface area contributed by atoms with Gasteiger partial charge in [-0.05, 0) is 51.0 Å². The van der Waals surface area contributed by atoms with E-state index in [1.54, 1.807) is 21.0 Å². The zero-order valence-electron chi connectivity index (χ0n) is 17.4. The molecule has 1 N–H and O–H groups in total. The van der Waals surface area contributed by atoms with Gasteiger partial charge in [0.05, 0.1) is 7.11 Å². The lowest BCUT2D eigenvalue weighted by Crippen LogP contribution is -2.56. The van der Waals surface area contributed by atoms with Gasteiger partial charge in [0.2, 0.25) is 11.8 Å². The largest absolute Gasteiger partial charge is 0.497 e. The molecule has 3 rings (SSSR count). The van der Waals surface area contributed by atoms with E-state index >= 15 is 0 Å². The third-order valence-electron chi connectivity index (χ3n) is 6.05. The first kappa shape index (κ1) is 20.5. The number of carbonyl (C=O) groups is 2. The van der Waals surface area contributed by atoms with Gasteiger partial charge in [0, 0.05) is 37.9 Å². The van der Waals surface area contributed by atoms with Crippen LogP contribution in [-0.2, 0) is 9.59 Å². The lowest BCUT2D eigenvalue weighted by molar-refractivity contribution is -0.149. The molecule has 2 aliphatic rings. The molecule has 6 nitrogen and oxygen atoms in total. The van der Waals surface area contributed by atoms with Gasteiger partial charge in [-0.3, -0.25) is 9.59 Å². The minimum absolute atomic E-state index is 0.0739. The number of ether oxygens (including phenoxy) is 1. The highest BCUT2D eigenvalue weighted by Gasteiger charge is 2.40. The summed E-state index contributed by atoms with van der Waals surface area (Å²) in [6.45, 7) is 6.29. The Morgan fingerprint density at radius 3 is 2.18 bits per heavy atom. The van der Waals surface area contributed by atoms with E-state index in [1.807, 2.05) is 29.2 Å². The lowest BCUT2D eigenvalue weighted by Gasteiger charge is -2.39. The summed E-state index contributed by atoms with van der Waals surface area (Å²) in [6, 6.07) is 8.20. The zero-order valence-corrected chi connectivity index (χ0v) is 17.4. The first-order valence-corrected chi connectivity index (χ1v) is 10.4. The molecule has 0 aromatic heterocycles. The van der Waals surface area contributed by atoms with Crippen LogP contribution in [0.1, 0.15) is 46.0 Å². The molecule has 6 heteroatoms. The average molecular weight is 388 g/mol. The van der Waals surface area contributed by atoms with Crippen molar-refractivity contribution >= 4 is 17.5 Å². The van der Waals surface area contributed by atoms with E-state index in [4.69, 9.17) is 4.74 Å². The number of rotatable bonds is 5. The Bertz CT molecular complexity index is 673. The Morgan fingerprint density at radius 2 is 1.61 bits per heavy atom. The molecule has 1 aromatic rings. The van der Waals surface area contributed by atoms with Crippen LogP contribution >= 0.6 is 0 Å². The van der Waals surface area contributed by atoms with Crippen LogP contribution in [0.3, 0.4) is 0 Å². The summed E-state index contributed by atoms with van der Waals surface area (Å²) in [5, 5.41) is 3.12. The van der Waals surface area contributed by atoms with E-state index in [9.17, 15) is 9.59 Å². The van der Waals surface area contributed by atoms with E-state index in [0.717, 1.165) is 50.2 Å². The maximum Gasteiger partial charge on any atom is 0.237 e. The van der Waals surface area contributed by atoms with Gasteiger partial charge >= 0.3 is 0 Å². The van der Waals surface area contributed by atoms with Gasteiger partial charge in [0.1, 0.15) is 11.2 Å². The second kappa shape index (κ2) is 8.84. The lowest BCUT2D eigenvalue weighted by atomic mass is 9.88. The maximum absolute atomic E-state index is 13.1. The third-order valence-corrected chi connectivity index (χ3v) is 6.05. The van der Waals surface area contributed by atoms with Crippen molar-refractivity contribution < 1.29 is 14.3 Å². The van der Waals surface area contributed by atoms with Gasteiger partial charge in [-0.15, -0.1) is 0 Å². The van der Waals surface area contributed by atoms with Crippen molar-refractivity contribution in [3.8, 4) is 5.75 Å². The minimum atomic E-state index is -1.03.